The third kappa shape index (κ3) is 6.91. The zero-order chi connectivity index (χ0) is 39.9. The molecule has 0 spiro atoms. The lowest BCUT2D eigenvalue weighted by molar-refractivity contribution is -0.137. The van der Waals surface area contributed by atoms with Crippen molar-refractivity contribution in [3.63, 3.8) is 0 Å². The molecule has 2 aliphatic carbocycles. The van der Waals surface area contributed by atoms with Crippen molar-refractivity contribution in [2.75, 3.05) is 0 Å². The van der Waals surface area contributed by atoms with E-state index < -0.39 is 11.7 Å². The number of halogens is 3. The van der Waals surface area contributed by atoms with Crippen molar-refractivity contribution in [2.24, 2.45) is 0 Å². The maximum atomic E-state index is 13.9. The van der Waals surface area contributed by atoms with Crippen LogP contribution in [0.15, 0.2) is 188 Å². The van der Waals surface area contributed by atoms with Crippen LogP contribution >= 0.6 is 0 Å². The van der Waals surface area contributed by atoms with Gasteiger partial charge in [-0.3, -0.25) is 0 Å². The highest BCUT2D eigenvalue weighted by atomic mass is 19.4. The molecule has 2 heterocycles. The van der Waals surface area contributed by atoms with Gasteiger partial charge in [-0.1, -0.05) is 158 Å². The summed E-state index contributed by atoms with van der Waals surface area (Å²) < 4.78 is 43.8. The maximum absolute atomic E-state index is 13.9. The fourth-order valence-electron chi connectivity index (χ4n) is 8.01. The fourth-order valence-corrected chi connectivity index (χ4v) is 8.01. The summed E-state index contributed by atoms with van der Waals surface area (Å²) in [6.07, 6.45) is 14.0. The summed E-state index contributed by atoms with van der Waals surface area (Å²) in [4.78, 5) is 15.0. The molecule has 6 aromatic carbocycles. The molecule has 0 fully saturated rings. The van der Waals surface area contributed by atoms with Gasteiger partial charge in [0.1, 0.15) is 0 Å². The van der Waals surface area contributed by atoms with Crippen LogP contribution in [0.3, 0.4) is 0 Å². The Morgan fingerprint density at radius 2 is 0.949 bits per heavy atom. The van der Waals surface area contributed by atoms with Crippen LogP contribution < -0.4 is 10.4 Å². The van der Waals surface area contributed by atoms with Crippen molar-refractivity contribution in [3.05, 3.63) is 204 Å². The van der Waals surface area contributed by atoms with Gasteiger partial charge in [0.05, 0.1) is 22.3 Å². The van der Waals surface area contributed by atoms with E-state index in [2.05, 4.69) is 95.6 Å². The van der Waals surface area contributed by atoms with Crippen molar-refractivity contribution in [1.82, 2.24) is 19.5 Å². The van der Waals surface area contributed by atoms with E-state index in [9.17, 15) is 13.2 Å². The van der Waals surface area contributed by atoms with Gasteiger partial charge < -0.3 is 4.57 Å². The summed E-state index contributed by atoms with van der Waals surface area (Å²) >= 11 is 0. The SMILES string of the molecule is FC(F)(F)c1ccc(-c2ccc(-c3nc(-c4ccccc4)nc(-c4ccccc4)n3)cc2-n2c3cc(=C4C=CC=CC4)ccc3c3ccc(=C4C=CC=CC4)cc32)cc1. The van der Waals surface area contributed by atoms with Crippen LogP contribution in [-0.4, -0.2) is 19.5 Å². The van der Waals surface area contributed by atoms with Crippen LogP contribution in [-0.2, 0) is 6.18 Å². The molecule has 2 aliphatic rings. The predicted octanol–water partition coefficient (Wildman–Crippen LogP) is 12.0. The summed E-state index contributed by atoms with van der Waals surface area (Å²) in [6.45, 7) is 0. The largest absolute Gasteiger partial charge is 0.416 e. The Morgan fingerprint density at radius 1 is 0.458 bits per heavy atom. The average Bonchev–Trinajstić information content (AvgIpc) is 3.62. The summed E-state index contributed by atoms with van der Waals surface area (Å²) in [5.74, 6) is 1.55. The van der Waals surface area contributed by atoms with Crippen molar-refractivity contribution < 1.29 is 13.2 Å². The Labute approximate surface area is 338 Å². The molecule has 59 heavy (non-hydrogen) atoms. The van der Waals surface area contributed by atoms with Gasteiger partial charge in [0.15, 0.2) is 17.5 Å². The number of rotatable bonds is 5. The lowest BCUT2D eigenvalue weighted by atomic mass is 9.99. The molecule has 8 aromatic rings. The van der Waals surface area contributed by atoms with Crippen LogP contribution in [0.4, 0.5) is 13.2 Å². The van der Waals surface area contributed by atoms with Gasteiger partial charge in [-0.2, -0.15) is 13.2 Å². The van der Waals surface area contributed by atoms with Gasteiger partial charge >= 0.3 is 6.18 Å². The van der Waals surface area contributed by atoms with Gasteiger partial charge in [0.25, 0.3) is 0 Å². The standard InChI is InChI=1S/C52H35F3N4/c53-52(54,55)42-26-21-36(22-27-42)43-28-25-41(51-57-49(37-17-9-3-10-18-37)56-50(58-51)38-19-11-4-12-20-38)33-46(43)59-47-31-39(34-13-5-1-6-14-34)23-29-44(47)45-30-24-40(32-48(45)59)35-15-7-2-8-16-35/h1-13,15,17-33H,14,16H2. The first-order chi connectivity index (χ1) is 28.9. The van der Waals surface area contributed by atoms with E-state index in [1.54, 1.807) is 12.1 Å². The highest BCUT2D eigenvalue weighted by Crippen LogP contribution is 2.39. The van der Waals surface area contributed by atoms with E-state index in [4.69, 9.17) is 15.0 Å². The van der Waals surface area contributed by atoms with Crippen LogP contribution in [0.1, 0.15) is 18.4 Å². The second kappa shape index (κ2) is 14.8. The number of nitrogens with zero attached hydrogens (tertiary/aromatic N) is 4. The number of allylic oxidation sites excluding steroid dienone is 8. The molecule has 284 valence electrons. The van der Waals surface area contributed by atoms with Gasteiger partial charge in [-0.25, -0.2) is 15.0 Å². The Balaban J connectivity index is 1.29. The molecular weight excluding hydrogens is 738 g/mol. The number of aromatic nitrogens is 4. The monoisotopic (exact) mass is 772 g/mol. The smallest absolute Gasteiger partial charge is 0.309 e. The number of fused-ring (bicyclic) bond motifs is 3. The fraction of sp³-hybridized carbons (Fsp3) is 0.0577. The summed E-state index contributed by atoms with van der Waals surface area (Å²) in [7, 11) is 0. The summed E-state index contributed by atoms with van der Waals surface area (Å²) in [5.41, 5.74) is 8.29. The molecule has 0 aliphatic heterocycles. The Kier molecular flexibility index (Phi) is 9.06. The number of hydrogen-bond donors (Lipinski definition) is 0. The average molecular weight is 773 g/mol. The quantitative estimate of drug-likeness (QED) is 0.175. The summed E-state index contributed by atoms with van der Waals surface area (Å²) in [6, 6.07) is 44.2. The summed E-state index contributed by atoms with van der Waals surface area (Å²) in [5, 5.41) is 4.33. The lowest BCUT2D eigenvalue weighted by Crippen LogP contribution is -2.08. The van der Waals surface area contributed by atoms with Crippen LogP contribution in [0.5, 0.6) is 0 Å². The molecule has 10 rings (SSSR count). The molecule has 4 nitrogen and oxygen atoms in total. The molecule has 0 atom stereocenters. The lowest BCUT2D eigenvalue weighted by Gasteiger charge is -2.17. The molecular formula is C52H35F3N4. The maximum Gasteiger partial charge on any atom is 0.416 e. The molecule has 0 bridgehead atoms. The molecule has 2 aromatic heterocycles. The van der Waals surface area contributed by atoms with Gasteiger partial charge in [0.2, 0.25) is 0 Å². The Bertz CT molecular complexity index is 3010. The highest BCUT2D eigenvalue weighted by molar-refractivity contribution is 6.10. The normalized spacial score (nSPS) is 15.7. The van der Waals surface area contributed by atoms with E-state index in [1.165, 1.54) is 11.1 Å². The Hall–Kier alpha value is -7.38. The second-order valence-corrected chi connectivity index (χ2v) is 14.7. The van der Waals surface area contributed by atoms with E-state index in [0.717, 1.165) is 85.2 Å². The van der Waals surface area contributed by atoms with Crippen LogP contribution in [0.2, 0.25) is 0 Å². The first-order valence-electron chi connectivity index (χ1n) is 19.5. The molecule has 0 radical (unpaired) electrons. The molecule has 0 unspecified atom stereocenters. The zero-order valence-electron chi connectivity index (χ0n) is 31.7. The number of benzene rings is 6. The van der Waals surface area contributed by atoms with Crippen molar-refractivity contribution in [2.45, 2.75) is 19.0 Å². The van der Waals surface area contributed by atoms with Gasteiger partial charge in [0, 0.05) is 33.0 Å². The third-order valence-corrected chi connectivity index (χ3v) is 11.0. The zero-order valence-corrected chi connectivity index (χ0v) is 31.7. The molecule has 0 N–H and O–H groups in total. The van der Waals surface area contributed by atoms with Crippen LogP contribution in [0, 0.1) is 0 Å². The molecule has 7 heteroatoms. The topological polar surface area (TPSA) is 43.6 Å². The number of alkyl halides is 3. The Morgan fingerprint density at radius 3 is 1.42 bits per heavy atom. The number of hydrogen-bond acceptors (Lipinski definition) is 3. The van der Waals surface area contributed by atoms with E-state index in [1.807, 2.05) is 72.8 Å². The van der Waals surface area contributed by atoms with E-state index in [0.29, 0.717) is 23.0 Å². The molecule has 0 saturated carbocycles. The van der Waals surface area contributed by atoms with Crippen LogP contribution in [0.25, 0.3) is 83.9 Å². The minimum Gasteiger partial charge on any atom is -0.309 e. The minimum absolute atomic E-state index is 0.476. The van der Waals surface area contributed by atoms with Crippen molar-refractivity contribution >= 4 is 33.0 Å². The predicted molar refractivity (Wildman–Crippen MR) is 233 cm³/mol. The highest BCUT2D eigenvalue weighted by Gasteiger charge is 2.30. The minimum atomic E-state index is -4.46. The van der Waals surface area contributed by atoms with Crippen molar-refractivity contribution in [3.8, 4) is 51.0 Å². The second-order valence-electron chi connectivity index (χ2n) is 14.7. The first-order valence-corrected chi connectivity index (χ1v) is 19.5. The molecule has 0 saturated heterocycles. The van der Waals surface area contributed by atoms with E-state index >= 15 is 0 Å². The first kappa shape index (κ1) is 36.0. The van der Waals surface area contributed by atoms with E-state index in [-0.39, 0.29) is 0 Å². The van der Waals surface area contributed by atoms with Gasteiger partial charge in [-0.05, 0) is 70.3 Å². The molecule has 0 amide bonds. The van der Waals surface area contributed by atoms with Gasteiger partial charge in [-0.15, -0.1) is 0 Å². The van der Waals surface area contributed by atoms with Crippen molar-refractivity contribution in [1.29, 1.82) is 0 Å². The third-order valence-electron chi connectivity index (χ3n) is 11.0.